The van der Waals surface area contributed by atoms with E-state index in [9.17, 15) is 19.1 Å². The molecule has 0 aliphatic carbocycles. The lowest BCUT2D eigenvalue weighted by Gasteiger charge is -2.32. The summed E-state index contributed by atoms with van der Waals surface area (Å²) in [4.78, 5) is 33.3. The molecule has 35 heavy (non-hydrogen) atoms. The topological polar surface area (TPSA) is 83.8 Å². The van der Waals surface area contributed by atoms with Crippen LogP contribution in [-0.2, 0) is 14.1 Å². The molecular weight excluding hydrogens is 459 g/mol. The fourth-order valence-corrected chi connectivity index (χ4v) is 6.19. The van der Waals surface area contributed by atoms with E-state index >= 15 is 0 Å². The van der Waals surface area contributed by atoms with Gasteiger partial charge in [-0.15, -0.1) is 0 Å². The lowest BCUT2D eigenvalue weighted by Crippen LogP contribution is -2.40. The molecule has 0 bridgehead atoms. The SMILES string of the molecule is CCCCCCCCCCCCCC(CCCCCCCCCCCC)(C(=O)OCC)P(=O)(O)O. The van der Waals surface area contributed by atoms with Crippen molar-refractivity contribution < 1.29 is 23.9 Å². The van der Waals surface area contributed by atoms with E-state index in [0.29, 0.717) is 12.8 Å². The molecule has 0 aliphatic rings. The van der Waals surface area contributed by atoms with Crippen LogP contribution in [0.4, 0.5) is 0 Å². The second-order valence-corrected chi connectivity index (χ2v) is 12.5. The molecule has 0 aliphatic heterocycles. The molecule has 0 aromatic rings. The van der Waals surface area contributed by atoms with Crippen LogP contribution in [0.25, 0.3) is 0 Å². The Morgan fingerprint density at radius 3 is 1.11 bits per heavy atom. The highest BCUT2D eigenvalue weighted by Gasteiger charge is 2.53. The Balaban J connectivity index is 4.43. The standard InChI is InChI=1S/C29H59O5P/c1-4-7-9-11-13-15-17-19-21-23-25-27-29(35(31,32)33,28(30)34-6-3)26-24-22-20-18-16-14-12-10-8-5-2/h4-27H2,1-3H3,(H2,31,32,33). The number of unbranched alkanes of at least 4 members (excludes halogenated alkanes) is 19. The van der Waals surface area contributed by atoms with Gasteiger partial charge < -0.3 is 14.5 Å². The number of esters is 1. The molecule has 0 rings (SSSR count). The van der Waals surface area contributed by atoms with Gasteiger partial charge in [0.05, 0.1) is 6.61 Å². The van der Waals surface area contributed by atoms with Crippen molar-refractivity contribution in [2.45, 2.75) is 174 Å². The van der Waals surface area contributed by atoms with Crippen molar-refractivity contribution in [3.8, 4) is 0 Å². The molecule has 0 amide bonds. The zero-order valence-corrected chi connectivity index (χ0v) is 24.4. The molecule has 0 aromatic carbocycles. The average molecular weight is 519 g/mol. The van der Waals surface area contributed by atoms with Crippen molar-refractivity contribution in [3.63, 3.8) is 0 Å². The third-order valence-electron chi connectivity index (χ3n) is 7.35. The molecule has 2 N–H and O–H groups in total. The van der Waals surface area contributed by atoms with E-state index in [2.05, 4.69) is 13.8 Å². The van der Waals surface area contributed by atoms with Gasteiger partial charge in [0.2, 0.25) is 0 Å². The first kappa shape index (κ1) is 34.6. The maximum Gasteiger partial charge on any atom is 0.342 e. The van der Waals surface area contributed by atoms with Crippen LogP contribution in [0.15, 0.2) is 0 Å². The van der Waals surface area contributed by atoms with E-state index in [-0.39, 0.29) is 19.4 Å². The first-order valence-corrected chi connectivity index (χ1v) is 16.7. The number of ether oxygens (including phenoxy) is 1. The summed E-state index contributed by atoms with van der Waals surface area (Å²) < 4.78 is 17.8. The molecule has 210 valence electrons. The van der Waals surface area contributed by atoms with Crippen molar-refractivity contribution in [3.05, 3.63) is 0 Å². The highest BCUT2D eigenvalue weighted by Crippen LogP contribution is 2.56. The van der Waals surface area contributed by atoms with Gasteiger partial charge in [-0.05, 0) is 19.8 Å². The van der Waals surface area contributed by atoms with E-state index in [0.717, 1.165) is 38.5 Å². The van der Waals surface area contributed by atoms with Crippen molar-refractivity contribution in [2.75, 3.05) is 6.61 Å². The molecule has 0 fully saturated rings. The van der Waals surface area contributed by atoms with Gasteiger partial charge in [0.1, 0.15) is 0 Å². The quantitative estimate of drug-likeness (QED) is 0.0676. The van der Waals surface area contributed by atoms with Gasteiger partial charge in [0.15, 0.2) is 5.16 Å². The molecule has 0 aromatic heterocycles. The number of carbonyl (C=O) groups excluding carboxylic acids is 1. The summed E-state index contributed by atoms with van der Waals surface area (Å²) >= 11 is 0. The Labute approximate surface area is 217 Å². The first-order chi connectivity index (χ1) is 16.9. The van der Waals surface area contributed by atoms with Crippen molar-refractivity contribution >= 4 is 13.6 Å². The zero-order chi connectivity index (χ0) is 26.3. The lowest BCUT2D eigenvalue weighted by molar-refractivity contribution is -0.147. The van der Waals surface area contributed by atoms with Gasteiger partial charge in [-0.2, -0.15) is 0 Å². The summed E-state index contributed by atoms with van der Waals surface area (Å²) in [7, 11) is -4.62. The average Bonchev–Trinajstić information content (AvgIpc) is 2.81. The molecule has 1 atom stereocenters. The summed E-state index contributed by atoms with van der Waals surface area (Å²) in [6.45, 7) is 6.31. The van der Waals surface area contributed by atoms with Crippen LogP contribution >= 0.6 is 7.60 Å². The Morgan fingerprint density at radius 1 is 0.571 bits per heavy atom. The minimum absolute atomic E-state index is 0.150. The summed E-state index contributed by atoms with van der Waals surface area (Å²) in [5, 5.41) is -1.66. The summed E-state index contributed by atoms with van der Waals surface area (Å²) in [6.07, 6.45) is 24.8. The molecule has 0 saturated heterocycles. The number of hydrogen-bond acceptors (Lipinski definition) is 3. The largest absolute Gasteiger partial charge is 0.465 e. The van der Waals surface area contributed by atoms with Gasteiger partial charge in [-0.1, -0.05) is 149 Å². The minimum Gasteiger partial charge on any atom is -0.465 e. The Morgan fingerprint density at radius 2 is 0.857 bits per heavy atom. The van der Waals surface area contributed by atoms with E-state index in [1.54, 1.807) is 6.92 Å². The second kappa shape index (κ2) is 22.8. The number of hydrogen-bond donors (Lipinski definition) is 2. The van der Waals surface area contributed by atoms with E-state index in [1.165, 1.54) is 83.5 Å². The van der Waals surface area contributed by atoms with Gasteiger partial charge in [-0.25, -0.2) is 0 Å². The molecular formula is C29H59O5P. The van der Waals surface area contributed by atoms with Gasteiger partial charge in [0, 0.05) is 0 Å². The Bertz CT molecular complexity index is 533. The highest BCUT2D eigenvalue weighted by molar-refractivity contribution is 7.54. The second-order valence-electron chi connectivity index (χ2n) is 10.5. The van der Waals surface area contributed by atoms with E-state index in [4.69, 9.17) is 4.74 Å². The normalized spacial score (nSPS) is 13.6. The van der Waals surface area contributed by atoms with Crippen LogP contribution in [0.5, 0.6) is 0 Å². The third-order valence-corrected chi connectivity index (χ3v) is 9.10. The highest BCUT2D eigenvalue weighted by atomic mass is 31.2. The number of carbonyl (C=O) groups is 1. The fourth-order valence-electron chi connectivity index (χ4n) is 4.99. The maximum absolute atomic E-state index is 12.8. The predicted molar refractivity (Wildman–Crippen MR) is 149 cm³/mol. The Hall–Kier alpha value is -0.380. The van der Waals surface area contributed by atoms with E-state index < -0.39 is 18.7 Å². The smallest absolute Gasteiger partial charge is 0.342 e. The van der Waals surface area contributed by atoms with Crippen molar-refractivity contribution in [1.82, 2.24) is 0 Å². The molecule has 0 spiro atoms. The van der Waals surface area contributed by atoms with Crippen LogP contribution in [0.1, 0.15) is 168 Å². The fraction of sp³-hybridized carbons (Fsp3) is 0.966. The molecule has 1 unspecified atom stereocenters. The van der Waals surface area contributed by atoms with Gasteiger partial charge in [-0.3, -0.25) is 9.36 Å². The minimum atomic E-state index is -4.62. The van der Waals surface area contributed by atoms with Gasteiger partial charge in [0.25, 0.3) is 0 Å². The first-order valence-electron chi connectivity index (χ1n) is 15.1. The summed E-state index contributed by atoms with van der Waals surface area (Å²) in [6, 6.07) is 0. The van der Waals surface area contributed by atoms with Crippen LogP contribution in [0.3, 0.4) is 0 Å². The van der Waals surface area contributed by atoms with Gasteiger partial charge >= 0.3 is 13.6 Å². The van der Waals surface area contributed by atoms with Crippen LogP contribution in [-0.4, -0.2) is 27.5 Å². The predicted octanol–water partition coefficient (Wildman–Crippen LogP) is 9.48. The summed E-state index contributed by atoms with van der Waals surface area (Å²) in [5.41, 5.74) is 0. The molecule has 0 radical (unpaired) electrons. The monoisotopic (exact) mass is 518 g/mol. The lowest BCUT2D eigenvalue weighted by atomic mass is 9.92. The Kier molecular flexibility index (Phi) is 22.5. The van der Waals surface area contributed by atoms with Crippen LogP contribution < -0.4 is 0 Å². The zero-order valence-electron chi connectivity index (χ0n) is 23.5. The maximum atomic E-state index is 12.8. The molecule has 6 heteroatoms. The van der Waals surface area contributed by atoms with E-state index in [1.807, 2.05) is 0 Å². The number of rotatable bonds is 26. The van der Waals surface area contributed by atoms with Crippen molar-refractivity contribution in [2.24, 2.45) is 0 Å². The molecule has 0 saturated carbocycles. The van der Waals surface area contributed by atoms with Crippen LogP contribution in [0.2, 0.25) is 0 Å². The molecule has 0 heterocycles. The molecule has 5 nitrogen and oxygen atoms in total. The van der Waals surface area contributed by atoms with Crippen molar-refractivity contribution in [1.29, 1.82) is 0 Å². The van der Waals surface area contributed by atoms with Crippen LogP contribution in [0, 0.1) is 0 Å². The third kappa shape index (κ3) is 16.9. The summed E-state index contributed by atoms with van der Waals surface area (Å²) in [5.74, 6) is -0.698.